The lowest BCUT2D eigenvalue weighted by molar-refractivity contribution is 0.495. The molecule has 0 saturated heterocycles. The predicted molar refractivity (Wildman–Crippen MR) is 45.4 cm³/mol. The molecule has 0 bridgehead atoms. The van der Waals surface area contributed by atoms with Crippen LogP contribution >= 0.6 is 0 Å². The van der Waals surface area contributed by atoms with Gasteiger partial charge in [0.05, 0.1) is 0 Å². The Bertz CT molecular complexity index is 370. The van der Waals surface area contributed by atoms with E-state index in [1.165, 1.54) is 5.22 Å². The topological polar surface area (TPSA) is 13.1 Å². The van der Waals surface area contributed by atoms with Gasteiger partial charge in [0.1, 0.15) is 11.2 Å². The minimum absolute atomic E-state index is 0.632. The SMILES string of the molecule is Cc1cc2c(o1)=CC(C)CC=2. The van der Waals surface area contributed by atoms with Crippen LogP contribution in [-0.2, 0) is 0 Å². The van der Waals surface area contributed by atoms with Gasteiger partial charge in [-0.3, -0.25) is 0 Å². The molecule has 2 rings (SSSR count). The Morgan fingerprint density at radius 2 is 2.36 bits per heavy atom. The van der Waals surface area contributed by atoms with E-state index < -0.39 is 0 Å². The van der Waals surface area contributed by atoms with Crippen LogP contribution in [0.2, 0.25) is 0 Å². The van der Waals surface area contributed by atoms with Crippen LogP contribution in [0.3, 0.4) is 0 Å². The second-order valence-corrected chi connectivity index (χ2v) is 3.26. The Morgan fingerprint density at radius 3 is 3.18 bits per heavy atom. The highest BCUT2D eigenvalue weighted by Crippen LogP contribution is 2.06. The summed E-state index contributed by atoms with van der Waals surface area (Å²) in [7, 11) is 0. The maximum Gasteiger partial charge on any atom is 0.130 e. The molecule has 0 aliphatic heterocycles. The van der Waals surface area contributed by atoms with E-state index in [1.807, 2.05) is 6.92 Å². The zero-order valence-corrected chi connectivity index (χ0v) is 6.92. The fourth-order valence-electron chi connectivity index (χ4n) is 1.48. The fourth-order valence-corrected chi connectivity index (χ4v) is 1.48. The molecule has 0 saturated carbocycles. The van der Waals surface area contributed by atoms with Gasteiger partial charge in [0, 0.05) is 5.22 Å². The second-order valence-electron chi connectivity index (χ2n) is 3.26. The lowest BCUT2D eigenvalue weighted by Gasteiger charge is -2.02. The highest BCUT2D eigenvalue weighted by molar-refractivity contribution is 5.37. The van der Waals surface area contributed by atoms with Crippen molar-refractivity contribution in [1.82, 2.24) is 0 Å². The number of rotatable bonds is 0. The van der Waals surface area contributed by atoms with E-state index in [-0.39, 0.29) is 0 Å². The molecule has 1 atom stereocenters. The lowest BCUT2D eigenvalue weighted by atomic mass is 10.0. The Hall–Kier alpha value is -0.980. The lowest BCUT2D eigenvalue weighted by Crippen LogP contribution is -2.23. The van der Waals surface area contributed by atoms with Crippen molar-refractivity contribution >= 4 is 12.2 Å². The van der Waals surface area contributed by atoms with Crippen molar-refractivity contribution < 1.29 is 4.42 Å². The molecule has 0 aromatic carbocycles. The van der Waals surface area contributed by atoms with Gasteiger partial charge >= 0.3 is 0 Å². The van der Waals surface area contributed by atoms with Crippen molar-refractivity contribution in [2.75, 3.05) is 0 Å². The molecule has 1 aromatic rings. The van der Waals surface area contributed by atoms with Crippen molar-refractivity contribution in [2.24, 2.45) is 5.92 Å². The summed E-state index contributed by atoms with van der Waals surface area (Å²) in [5.74, 6) is 1.64. The number of furan rings is 1. The first-order valence-corrected chi connectivity index (χ1v) is 4.04. The van der Waals surface area contributed by atoms with E-state index in [9.17, 15) is 0 Å². The normalized spacial score (nSPS) is 21.8. The predicted octanol–water partition coefficient (Wildman–Crippen LogP) is 1.19. The smallest absolute Gasteiger partial charge is 0.130 e. The van der Waals surface area contributed by atoms with Crippen LogP contribution in [0.15, 0.2) is 10.5 Å². The number of hydrogen-bond donors (Lipinski definition) is 0. The standard InChI is InChI=1S/C10H12O/c1-7-3-4-9-6-8(2)11-10(9)5-7/h4-7H,3H2,1-2H3. The van der Waals surface area contributed by atoms with Gasteiger partial charge in [-0.2, -0.15) is 0 Å². The Balaban J connectivity index is 2.72. The molecule has 1 nitrogen and oxygen atoms in total. The van der Waals surface area contributed by atoms with Gasteiger partial charge in [-0.1, -0.05) is 13.0 Å². The van der Waals surface area contributed by atoms with E-state index in [0.717, 1.165) is 17.6 Å². The fraction of sp³-hybridized carbons (Fsp3) is 0.400. The van der Waals surface area contributed by atoms with Crippen LogP contribution in [0.25, 0.3) is 12.2 Å². The summed E-state index contributed by atoms with van der Waals surface area (Å²) in [5, 5.41) is 1.26. The molecule has 0 amide bonds. The van der Waals surface area contributed by atoms with Crippen LogP contribution in [0.1, 0.15) is 19.1 Å². The summed E-state index contributed by atoms with van der Waals surface area (Å²) in [6.45, 7) is 4.20. The third-order valence-corrected chi connectivity index (χ3v) is 2.06. The van der Waals surface area contributed by atoms with Crippen molar-refractivity contribution in [3.05, 3.63) is 22.5 Å². The van der Waals surface area contributed by atoms with Crippen LogP contribution in [0, 0.1) is 12.8 Å². The zero-order chi connectivity index (χ0) is 7.84. The summed E-state index contributed by atoms with van der Waals surface area (Å²) >= 11 is 0. The molecular formula is C10H12O. The number of fused-ring (bicyclic) bond motifs is 1. The Morgan fingerprint density at radius 1 is 1.55 bits per heavy atom. The van der Waals surface area contributed by atoms with Crippen LogP contribution in [0.5, 0.6) is 0 Å². The summed E-state index contributed by atoms with van der Waals surface area (Å²) in [6.07, 6.45) is 5.59. The van der Waals surface area contributed by atoms with Gasteiger partial charge in [0.25, 0.3) is 0 Å². The summed E-state index contributed by atoms with van der Waals surface area (Å²) in [5.41, 5.74) is 1.06. The highest BCUT2D eigenvalue weighted by Gasteiger charge is 2.03. The summed E-state index contributed by atoms with van der Waals surface area (Å²) in [4.78, 5) is 0. The Labute approximate surface area is 66.0 Å². The first-order chi connectivity index (χ1) is 5.25. The zero-order valence-electron chi connectivity index (χ0n) is 6.92. The molecule has 1 heterocycles. The molecule has 0 fully saturated rings. The van der Waals surface area contributed by atoms with Crippen LogP contribution in [0.4, 0.5) is 0 Å². The minimum atomic E-state index is 0.632. The van der Waals surface area contributed by atoms with Crippen molar-refractivity contribution in [3.8, 4) is 0 Å². The van der Waals surface area contributed by atoms with Gasteiger partial charge in [0.2, 0.25) is 0 Å². The van der Waals surface area contributed by atoms with Gasteiger partial charge in [0.15, 0.2) is 0 Å². The average molecular weight is 148 g/mol. The van der Waals surface area contributed by atoms with E-state index in [1.54, 1.807) is 0 Å². The third kappa shape index (κ3) is 1.11. The van der Waals surface area contributed by atoms with Gasteiger partial charge < -0.3 is 4.42 Å². The van der Waals surface area contributed by atoms with Crippen molar-refractivity contribution in [3.63, 3.8) is 0 Å². The highest BCUT2D eigenvalue weighted by atomic mass is 16.3. The molecule has 1 unspecified atom stereocenters. The van der Waals surface area contributed by atoms with Crippen LogP contribution < -0.4 is 10.6 Å². The van der Waals surface area contributed by atoms with Gasteiger partial charge in [-0.15, -0.1) is 0 Å². The molecule has 11 heavy (non-hydrogen) atoms. The largest absolute Gasteiger partial charge is 0.462 e. The van der Waals surface area contributed by atoms with Crippen molar-refractivity contribution in [1.29, 1.82) is 0 Å². The molecule has 0 radical (unpaired) electrons. The van der Waals surface area contributed by atoms with Crippen LogP contribution in [-0.4, -0.2) is 0 Å². The van der Waals surface area contributed by atoms with Gasteiger partial charge in [-0.25, -0.2) is 0 Å². The van der Waals surface area contributed by atoms with E-state index in [0.29, 0.717) is 5.92 Å². The first-order valence-electron chi connectivity index (χ1n) is 4.04. The second kappa shape index (κ2) is 2.26. The molecule has 0 N–H and O–H groups in total. The molecule has 1 aliphatic carbocycles. The maximum absolute atomic E-state index is 5.49. The Kier molecular flexibility index (Phi) is 1.38. The van der Waals surface area contributed by atoms with E-state index in [4.69, 9.17) is 4.42 Å². The summed E-state index contributed by atoms with van der Waals surface area (Å²) < 4.78 is 5.49. The first kappa shape index (κ1) is 6.71. The van der Waals surface area contributed by atoms with Gasteiger partial charge in [-0.05, 0) is 31.4 Å². The average Bonchev–Trinajstić information content (AvgIpc) is 2.27. The molecule has 1 aliphatic rings. The van der Waals surface area contributed by atoms with Crippen molar-refractivity contribution in [2.45, 2.75) is 20.3 Å². The minimum Gasteiger partial charge on any atom is -0.462 e. The summed E-state index contributed by atoms with van der Waals surface area (Å²) in [6, 6.07) is 2.09. The molecule has 1 heteroatoms. The third-order valence-electron chi connectivity index (χ3n) is 2.06. The molecular weight excluding hydrogens is 136 g/mol. The quantitative estimate of drug-likeness (QED) is 0.538. The molecule has 0 spiro atoms. The number of aryl methyl sites for hydroxylation is 1. The van der Waals surface area contributed by atoms with E-state index in [2.05, 4.69) is 25.1 Å². The number of hydrogen-bond acceptors (Lipinski definition) is 1. The monoisotopic (exact) mass is 148 g/mol. The molecule has 1 aromatic heterocycles. The molecule has 58 valence electrons. The van der Waals surface area contributed by atoms with E-state index >= 15 is 0 Å². The maximum atomic E-state index is 5.49.